The molecule has 9 nitrogen and oxygen atoms in total. The fourth-order valence-corrected chi connectivity index (χ4v) is 9.04. The summed E-state index contributed by atoms with van der Waals surface area (Å²) in [6, 6.07) is 11.6. The van der Waals surface area contributed by atoms with Gasteiger partial charge in [-0.2, -0.15) is 4.31 Å². The van der Waals surface area contributed by atoms with Crippen LogP contribution in [0.4, 0.5) is 10.1 Å². The second-order valence-electron chi connectivity index (χ2n) is 12.7. The minimum Gasteiger partial charge on any atom is -0.469 e. The highest BCUT2D eigenvalue weighted by Gasteiger charge is 2.38. The molecule has 0 aliphatic carbocycles. The zero-order chi connectivity index (χ0) is 32.7. The summed E-state index contributed by atoms with van der Waals surface area (Å²) >= 11 is 6.19. The summed E-state index contributed by atoms with van der Waals surface area (Å²) in [5, 5.41) is 6.96. The second-order valence-corrected chi connectivity index (χ2v) is 15.2. The Balaban J connectivity index is 1.37. The number of piperazine rings is 1. The molecule has 2 bridgehead atoms. The number of ether oxygens (including phenoxy) is 2. The molecule has 252 valence electrons. The van der Waals surface area contributed by atoms with Crippen molar-refractivity contribution in [2.75, 3.05) is 37.9 Å². The molecule has 0 saturated carbocycles. The largest absolute Gasteiger partial charge is 0.469 e. The number of benzene rings is 2. The van der Waals surface area contributed by atoms with E-state index in [4.69, 9.17) is 21.1 Å². The summed E-state index contributed by atoms with van der Waals surface area (Å²) in [4.78, 5) is 26.8. The topological polar surface area (TPSA) is 114 Å². The Bertz CT molecular complexity index is 1450. The molecule has 0 radical (unpaired) electrons. The van der Waals surface area contributed by atoms with E-state index in [1.54, 1.807) is 22.5 Å². The van der Waals surface area contributed by atoms with E-state index in [9.17, 15) is 18.0 Å². The summed E-state index contributed by atoms with van der Waals surface area (Å²) in [6.45, 7) is 1.63. The number of amides is 1. The zero-order valence-corrected chi connectivity index (χ0v) is 28.0. The number of hydrogen-bond donors (Lipinski definition) is 2. The van der Waals surface area contributed by atoms with Gasteiger partial charge in [-0.25, -0.2) is 12.8 Å². The molecule has 2 aromatic rings. The van der Waals surface area contributed by atoms with Gasteiger partial charge >= 0.3 is 5.97 Å². The standard InChI is InChI=1S/C34H45ClFN3O6S/c1-44-33(40)20-30(28(23-10-12-24(35)13-11-23)17-15-27-7-2-3-18-45-27)34(41)38-32-9-4-8-31(36)29(32)16-14-26-21-37-25-6-5-19-46(42,43)39(26)22-25/h4,8-13,25-28,30,37H,2-3,5-7,14-22H2,1H3,(H,38,41)/t25?,26?,27?,28-,30+/m1/s1. The maximum Gasteiger partial charge on any atom is 0.306 e. The van der Waals surface area contributed by atoms with Crippen LogP contribution < -0.4 is 10.6 Å². The summed E-state index contributed by atoms with van der Waals surface area (Å²) in [5.41, 5.74) is 1.48. The van der Waals surface area contributed by atoms with E-state index in [1.807, 2.05) is 12.1 Å². The Morgan fingerprint density at radius 3 is 2.67 bits per heavy atom. The summed E-state index contributed by atoms with van der Waals surface area (Å²) in [7, 11) is -2.10. The first-order chi connectivity index (χ1) is 22.1. The molecule has 4 unspecified atom stereocenters. The normalized spacial score (nSPS) is 25.5. The highest BCUT2D eigenvalue weighted by Crippen LogP contribution is 2.36. The molecule has 1 amide bonds. The zero-order valence-electron chi connectivity index (χ0n) is 26.4. The van der Waals surface area contributed by atoms with Crippen LogP contribution in [0.15, 0.2) is 42.5 Å². The van der Waals surface area contributed by atoms with Crippen molar-refractivity contribution in [1.29, 1.82) is 0 Å². The van der Waals surface area contributed by atoms with Crippen LogP contribution in [0.25, 0.3) is 0 Å². The van der Waals surface area contributed by atoms with Crippen molar-refractivity contribution in [3.63, 3.8) is 0 Å². The fraction of sp³-hybridized carbons (Fsp3) is 0.588. The molecule has 5 rings (SSSR count). The highest BCUT2D eigenvalue weighted by molar-refractivity contribution is 7.89. The maximum atomic E-state index is 15.4. The molecule has 0 spiro atoms. The van der Waals surface area contributed by atoms with Crippen LogP contribution in [0.5, 0.6) is 0 Å². The van der Waals surface area contributed by atoms with Crippen molar-refractivity contribution >= 4 is 39.2 Å². The van der Waals surface area contributed by atoms with E-state index in [0.29, 0.717) is 55.2 Å². The van der Waals surface area contributed by atoms with Gasteiger partial charge in [-0.1, -0.05) is 29.8 Å². The van der Waals surface area contributed by atoms with Gasteiger partial charge in [0.2, 0.25) is 15.9 Å². The van der Waals surface area contributed by atoms with Gasteiger partial charge in [0, 0.05) is 48.1 Å². The molecule has 3 fully saturated rings. The lowest BCUT2D eigenvalue weighted by Gasteiger charge is -2.37. The molecule has 2 aromatic carbocycles. The van der Waals surface area contributed by atoms with Gasteiger partial charge < -0.3 is 20.1 Å². The average molecular weight is 678 g/mol. The number of carbonyl (C=O) groups is 2. The molecule has 0 aromatic heterocycles. The predicted molar refractivity (Wildman–Crippen MR) is 176 cm³/mol. The molecule has 12 heteroatoms. The lowest BCUT2D eigenvalue weighted by molar-refractivity contribution is -0.143. The van der Waals surface area contributed by atoms with Crippen LogP contribution in [0.3, 0.4) is 0 Å². The number of hydrogen-bond acceptors (Lipinski definition) is 7. The number of halogens is 2. The van der Waals surface area contributed by atoms with Crippen LogP contribution in [0.1, 0.15) is 74.8 Å². The van der Waals surface area contributed by atoms with Crippen molar-refractivity contribution in [3.05, 3.63) is 64.4 Å². The van der Waals surface area contributed by atoms with Crippen LogP contribution in [-0.4, -0.2) is 75.3 Å². The van der Waals surface area contributed by atoms with Gasteiger partial charge in [-0.3, -0.25) is 9.59 Å². The van der Waals surface area contributed by atoms with Crippen LogP contribution in [0, 0.1) is 11.7 Å². The van der Waals surface area contributed by atoms with Gasteiger partial charge in [-0.05, 0) is 93.5 Å². The number of nitrogens with one attached hydrogen (secondary N) is 2. The van der Waals surface area contributed by atoms with Gasteiger partial charge in [-0.15, -0.1) is 0 Å². The monoisotopic (exact) mass is 677 g/mol. The SMILES string of the molecule is COC(=O)C[C@H](C(=O)Nc1cccc(F)c1CCC1CNC2CCCS(=O)(=O)N1C2)[C@H](CCC1CCCCO1)c1ccc(Cl)cc1. The fourth-order valence-electron chi connectivity index (χ4n) is 7.10. The first-order valence-corrected chi connectivity index (χ1v) is 18.4. The van der Waals surface area contributed by atoms with E-state index < -0.39 is 33.6 Å². The predicted octanol–water partition coefficient (Wildman–Crippen LogP) is 5.43. The Morgan fingerprint density at radius 2 is 1.93 bits per heavy atom. The summed E-state index contributed by atoms with van der Waals surface area (Å²) < 4.78 is 53.9. The lowest BCUT2D eigenvalue weighted by Crippen LogP contribution is -2.57. The van der Waals surface area contributed by atoms with Crippen LogP contribution in [0.2, 0.25) is 5.02 Å². The molecule has 6 atom stereocenters. The molecular formula is C34H45ClFN3O6S. The molecule has 46 heavy (non-hydrogen) atoms. The van der Waals surface area contributed by atoms with E-state index in [2.05, 4.69) is 10.6 Å². The minimum atomic E-state index is -3.39. The first kappa shape index (κ1) is 34.8. The van der Waals surface area contributed by atoms with E-state index in [0.717, 1.165) is 37.7 Å². The highest BCUT2D eigenvalue weighted by atomic mass is 35.5. The third-order valence-electron chi connectivity index (χ3n) is 9.67. The number of fused-ring (bicyclic) bond motifs is 2. The van der Waals surface area contributed by atoms with E-state index >= 15 is 4.39 Å². The van der Waals surface area contributed by atoms with Gasteiger partial charge in [0.1, 0.15) is 5.82 Å². The number of esters is 1. The third-order valence-corrected chi connectivity index (χ3v) is 11.9. The van der Waals surface area contributed by atoms with Gasteiger partial charge in [0.15, 0.2) is 0 Å². The molecule has 3 aliphatic heterocycles. The number of anilines is 1. The average Bonchev–Trinajstić information content (AvgIpc) is 3.16. The quantitative estimate of drug-likeness (QED) is 0.288. The number of carbonyl (C=O) groups excluding carboxylic acids is 2. The molecule has 2 N–H and O–H groups in total. The molecule has 3 aliphatic rings. The van der Waals surface area contributed by atoms with Crippen molar-refractivity contribution in [3.8, 4) is 0 Å². The Hall–Kier alpha value is -2.57. The number of nitrogens with zero attached hydrogens (tertiary/aromatic N) is 1. The van der Waals surface area contributed by atoms with Crippen molar-refractivity contribution in [1.82, 2.24) is 9.62 Å². The number of sulfonamides is 1. The minimum absolute atomic E-state index is 0.0813. The van der Waals surface area contributed by atoms with Gasteiger partial charge in [0.05, 0.1) is 31.3 Å². The first-order valence-electron chi connectivity index (χ1n) is 16.4. The molecule has 3 saturated heterocycles. The summed E-state index contributed by atoms with van der Waals surface area (Å²) in [5.74, 6) is -2.46. The Morgan fingerprint density at radius 1 is 1.13 bits per heavy atom. The molecule has 3 heterocycles. The third kappa shape index (κ3) is 8.86. The van der Waals surface area contributed by atoms with E-state index in [-0.39, 0.29) is 42.7 Å². The van der Waals surface area contributed by atoms with Gasteiger partial charge in [0.25, 0.3) is 0 Å². The number of methoxy groups -OCH3 is 1. The summed E-state index contributed by atoms with van der Waals surface area (Å²) in [6.07, 6.45) is 6.35. The lowest BCUT2D eigenvalue weighted by atomic mass is 9.79. The van der Waals surface area contributed by atoms with Crippen LogP contribution >= 0.6 is 11.6 Å². The smallest absolute Gasteiger partial charge is 0.306 e. The second kappa shape index (κ2) is 16.0. The van der Waals surface area contributed by atoms with Crippen molar-refractivity contribution < 1.29 is 31.9 Å². The molecular weight excluding hydrogens is 633 g/mol. The van der Waals surface area contributed by atoms with E-state index in [1.165, 1.54) is 19.2 Å². The van der Waals surface area contributed by atoms with Crippen molar-refractivity contribution in [2.45, 2.75) is 88.3 Å². The van der Waals surface area contributed by atoms with Crippen molar-refractivity contribution in [2.24, 2.45) is 5.92 Å². The van der Waals surface area contributed by atoms with Crippen LogP contribution in [-0.2, 0) is 35.5 Å². The maximum absolute atomic E-state index is 15.4. The Kier molecular flexibility index (Phi) is 12.1. The Labute approximate surface area is 276 Å². The number of rotatable bonds is 12.